The summed E-state index contributed by atoms with van der Waals surface area (Å²) < 4.78 is 21.5. The highest BCUT2D eigenvalue weighted by Gasteiger charge is 2.40. The lowest BCUT2D eigenvalue weighted by Gasteiger charge is -2.20. The van der Waals surface area contributed by atoms with Crippen LogP contribution in [0.5, 0.6) is 11.5 Å². The maximum Gasteiger partial charge on any atom is 0.330 e. The molecule has 4 amide bonds. The third-order valence-corrected chi connectivity index (χ3v) is 12.2. The van der Waals surface area contributed by atoms with Crippen LogP contribution < -0.4 is 19.3 Å². The van der Waals surface area contributed by atoms with E-state index in [0.29, 0.717) is 80.2 Å². The van der Waals surface area contributed by atoms with Crippen LogP contribution in [0.1, 0.15) is 85.9 Å². The van der Waals surface area contributed by atoms with Crippen molar-refractivity contribution in [3.05, 3.63) is 165 Å². The number of aryl methyl sites for hydroxylation is 8. The van der Waals surface area contributed by atoms with E-state index in [1.807, 2.05) is 53.7 Å². The molecule has 12 heteroatoms. The predicted octanol–water partition coefficient (Wildman–Crippen LogP) is 9.45. The number of amides is 4. The standard InChI is InChI=1S/C54H48N2O10/c1-9-47(57)65-15-13-63-41-19-31(5)49(32(6)20-41)55-51(59)43-25-37-17-29(3)35(23-39(37)27-45(43)53(55)61)11-12-36-24-40-28-46-44(26-38(40)18-30(36)4)52(60)56(54(46)62)50-33(7)21-42(22-34(50)8)64-14-16-66-48(58)10-2/h9-10,17-28H,1-2,11-16H2,3-8H3. The van der Waals surface area contributed by atoms with Gasteiger partial charge in [-0.25, -0.2) is 19.4 Å². The number of rotatable bonds is 15. The number of imide groups is 2. The van der Waals surface area contributed by atoms with Gasteiger partial charge < -0.3 is 18.9 Å². The second-order valence-corrected chi connectivity index (χ2v) is 16.7. The summed E-state index contributed by atoms with van der Waals surface area (Å²) in [6, 6.07) is 22.5. The summed E-state index contributed by atoms with van der Waals surface area (Å²) in [6.45, 7) is 18.5. The number of esters is 2. The van der Waals surface area contributed by atoms with Gasteiger partial charge in [-0.15, -0.1) is 0 Å². The van der Waals surface area contributed by atoms with E-state index in [0.717, 1.165) is 56.0 Å². The molecule has 0 radical (unpaired) electrons. The molecular weight excluding hydrogens is 837 g/mol. The number of carbonyl (C=O) groups excluding carboxylic acids is 6. The normalized spacial score (nSPS) is 13.1. The number of ether oxygens (including phenoxy) is 4. The van der Waals surface area contributed by atoms with Crippen LogP contribution in [-0.2, 0) is 31.9 Å². The van der Waals surface area contributed by atoms with Crippen molar-refractivity contribution in [2.24, 2.45) is 0 Å². The number of carbonyl (C=O) groups is 6. The van der Waals surface area contributed by atoms with Crippen LogP contribution >= 0.6 is 0 Å². The molecule has 0 aliphatic carbocycles. The van der Waals surface area contributed by atoms with Crippen molar-refractivity contribution in [2.45, 2.75) is 54.4 Å². The monoisotopic (exact) mass is 884 g/mol. The van der Waals surface area contributed by atoms with E-state index in [2.05, 4.69) is 37.4 Å². The molecular formula is C54H48N2O10. The maximum atomic E-state index is 14.0. The summed E-state index contributed by atoms with van der Waals surface area (Å²) >= 11 is 0. The largest absolute Gasteiger partial charge is 0.490 e. The first kappa shape index (κ1) is 44.7. The van der Waals surface area contributed by atoms with Crippen molar-refractivity contribution < 1.29 is 47.7 Å². The second kappa shape index (κ2) is 18.0. The Hall–Kier alpha value is -7.86. The molecule has 0 aromatic heterocycles. The third-order valence-electron chi connectivity index (χ3n) is 12.2. The van der Waals surface area contributed by atoms with Crippen LogP contribution in [0.2, 0.25) is 0 Å². The molecule has 2 heterocycles. The molecule has 0 saturated carbocycles. The Bertz CT molecular complexity index is 2870. The number of anilines is 2. The molecule has 2 aliphatic heterocycles. The van der Waals surface area contributed by atoms with Gasteiger partial charge in [0.25, 0.3) is 23.6 Å². The zero-order valence-corrected chi connectivity index (χ0v) is 37.7. The van der Waals surface area contributed by atoms with Crippen molar-refractivity contribution in [1.29, 1.82) is 0 Å². The molecule has 2 aliphatic rings. The molecule has 0 saturated heterocycles. The van der Waals surface area contributed by atoms with Gasteiger partial charge in [-0.1, -0.05) is 37.4 Å². The molecule has 12 nitrogen and oxygen atoms in total. The molecule has 8 rings (SSSR count). The van der Waals surface area contributed by atoms with E-state index < -0.39 is 23.8 Å². The van der Waals surface area contributed by atoms with E-state index in [1.54, 1.807) is 36.4 Å². The van der Waals surface area contributed by atoms with Gasteiger partial charge in [-0.3, -0.25) is 19.2 Å². The van der Waals surface area contributed by atoms with E-state index in [-0.39, 0.29) is 38.2 Å². The summed E-state index contributed by atoms with van der Waals surface area (Å²) in [5, 5.41) is 3.42. The highest BCUT2D eigenvalue weighted by Crippen LogP contribution is 2.39. The minimum Gasteiger partial charge on any atom is -0.490 e. The van der Waals surface area contributed by atoms with Crippen molar-refractivity contribution in [3.63, 3.8) is 0 Å². The van der Waals surface area contributed by atoms with E-state index in [4.69, 9.17) is 18.9 Å². The number of hydrogen-bond acceptors (Lipinski definition) is 10. The fourth-order valence-corrected chi connectivity index (χ4v) is 9.04. The lowest BCUT2D eigenvalue weighted by Crippen LogP contribution is -2.30. The maximum absolute atomic E-state index is 14.0. The Balaban J connectivity index is 0.990. The Morgan fingerprint density at radius 2 is 0.742 bits per heavy atom. The van der Waals surface area contributed by atoms with Gasteiger partial charge in [-0.05, 0) is 169 Å². The first-order chi connectivity index (χ1) is 31.6. The molecule has 0 fully saturated rings. The zero-order chi connectivity index (χ0) is 47.1. The van der Waals surface area contributed by atoms with E-state index in [1.165, 1.54) is 9.80 Å². The Morgan fingerprint density at radius 3 is 1.05 bits per heavy atom. The second-order valence-electron chi connectivity index (χ2n) is 16.7. The average Bonchev–Trinajstić information content (AvgIpc) is 3.65. The van der Waals surface area contributed by atoms with Crippen molar-refractivity contribution in [3.8, 4) is 11.5 Å². The first-order valence-electron chi connectivity index (χ1n) is 21.6. The minimum absolute atomic E-state index is 0.0485. The van der Waals surface area contributed by atoms with Crippen molar-refractivity contribution in [1.82, 2.24) is 0 Å². The summed E-state index contributed by atoms with van der Waals surface area (Å²) in [4.78, 5) is 81.1. The van der Waals surface area contributed by atoms with E-state index in [9.17, 15) is 28.8 Å². The van der Waals surface area contributed by atoms with Gasteiger partial charge >= 0.3 is 11.9 Å². The predicted molar refractivity (Wildman–Crippen MR) is 252 cm³/mol. The number of fused-ring (bicyclic) bond motifs is 4. The zero-order valence-electron chi connectivity index (χ0n) is 37.7. The molecule has 0 spiro atoms. The molecule has 66 heavy (non-hydrogen) atoms. The highest BCUT2D eigenvalue weighted by molar-refractivity contribution is 6.36. The van der Waals surface area contributed by atoms with Gasteiger partial charge in [0.2, 0.25) is 0 Å². The lowest BCUT2D eigenvalue weighted by molar-refractivity contribution is -0.139. The fraction of sp³-hybridized carbons (Fsp3) is 0.222. The highest BCUT2D eigenvalue weighted by atomic mass is 16.6. The molecule has 6 aromatic carbocycles. The lowest BCUT2D eigenvalue weighted by atomic mass is 9.92. The molecule has 6 aromatic rings. The SMILES string of the molecule is C=CC(=O)OCCOc1cc(C)c(N2C(=O)c3cc4cc(C)c(CCc5cc6cc7c(cc6cc5C)C(=O)N(c5c(C)cc(OCCOC(=O)C=C)cc5C)C7=O)cc4cc3C2=O)c(C)c1. The molecule has 0 N–H and O–H groups in total. The quantitative estimate of drug-likeness (QED) is 0.0423. The first-order valence-corrected chi connectivity index (χ1v) is 21.6. The number of benzene rings is 6. The van der Waals surface area contributed by atoms with E-state index >= 15 is 0 Å². The fourth-order valence-electron chi connectivity index (χ4n) is 9.04. The van der Waals surface area contributed by atoms with Gasteiger partial charge in [0, 0.05) is 12.2 Å². The smallest absolute Gasteiger partial charge is 0.330 e. The van der Waals surface area contributed by atoms with Crippen LogP contribution in [0.4, 0.5) is 11.4 Å². The van der Waals surface area contributed by atoms with Gasteiger partial charge in [0.15, 0.2) is 0 Å². The topological polar surface area (TPSA) is 146 Å². The average molecular weight is 885 g/mol. The summed E-state index contributed by atoms with van der Waals surface area (Å²) in [6.07, 6.45) is 3.56. The van der Waals surface area contributed by atoms with Gasteiger partial charge in [0.05, 0.1) is 33.6 Å². The van der Waals surface area contributed by atoms with Crippen molar-refractivity contribution >= 4 is 68.5 Å². The van der Waals surface area contributed by atoms with Crippen LogP contribution in [0.25, 0.3) is 21.5 Å². The van der Waals surface area contributed by atoms with Crippen LogP contribution in [0.15, 0.2) is 98.1 Å². The summed E-state index contributed by atoms with van der Waals surface area (Å²) in [5.74, 6) is -1.60. The third kappa shape index (κ3) is 8.33. The van der Waals surface area contributed by atoms with Gasteiger partial charge in [-0.2, -0.15) is 0 Å². The Kier molecular flexibility index (Phi) is 12.2. The number of hydrogen-bond donors (Lipinski definition) is 0. The Labute approximate surface area is 382 Å². The summed E-state index contributed by atoms with van der Waals surface area (Å²) in [7, 11) is 0. The van der Waals surface area contributed by atoms with Crippen LogP contribution in [0, 0.1) is 41.5 Å². The molecule has 0 atom stereocenters. The molecule has 0 bridgehead atoms. The summed E-state index contributed by atoms with van der Waals surface area (Å²) in [5.41, 5.74) is 9.41. The van der Waals surface area contributed by atoms with Crippen molar-refractivity contribution in [2.75, 3.05) is 36.2 Å². The minimum atomic E-state index is -0.538. The van der Waals surface area contributed by atoms with Crippen LogP contribution in [0.3, 0.4) is 0 Å². The Morgan fingerprint density at radius 1 is 0.439 bits per heavy atom. The van der Waals surface area contributed by atoms with Gasteiger partial charge in [0.1, 0.15) is 37.9 Å². The van der Waals surface area contributed by atoms with Crippen LogP contribution in [-0.4, -0.2) is 62.0 Å². The molecule has 0 unspecified atom stereocenters. The molecule has 334 valence electrons. The number of nitrogens with zero attached hydrogens (tertiary/aromatic N) is 2.